The first-order valence-electron chi connectivity index (χ1n) is 6.77. The Balaban J connectivity index is 2.27. The second-order valence-electron chi connectivity index (χ2n) is 6.06. The zero-order valence-corrected chi connectivity index (χ0v) is 13.3. The lowest BCUT2D eigenvalue weighted by Gasteiger charge is -2.19. The van der Waals surface area contributed by atoms with E-state index in [0.29, 0.717) is 18.1 Å². The third-order valence-corrected chi connectivity index (χ3v) is 3.34. The Kier molecular flexibility index (Phi) is 4.59. The lowest BCUT2D eigenvalue weighted by Crippen LogP contribution is -2.34. The maximum atomic E-state index is 12.8. The van der Waals surface area contributed by atoms with E-state index in [-0.39, 0.29) is 16.1 Å². The Morgan fingerprint density at radius 1 is 1.09 bits per heavy atom. The van der Waals surface area contributed by atoms with Crippen LogP contribution in [-0.2, 0) is 12.7 Å². The minimum atomic E-state index is -4.41. The fourth-order valence-electron chi connectivity index (χ4n) is 1.86. The normalized spacial score (nSPS) is 12.7. The Bertz CT molecular complexity index is 656. The molecular weight excluding hydrogens is 315 g/mol. The molecule has 0 aliphatic carbocycles. The van der Waals surface area contributed by atoms with Crippen LogP contribution in [0.3, 0.4) is 0 Å². The summed E-state index contributed by atoms with van der Waals surface area (Å²) in [4.78, 5) is 0. The molecule has 2 nitrogen and oxygen atoms in total. The number of hydrogen-bond donors (Lipinski definition) is 1. The van der Waals surface area contributed by atoms with E-state index in [4.69, 9.17) is 16.0 Å². The first kappa shape index (κ1) is 16.9. The lowest BCUT2D eigenvalue weighted by atomic mass is 10.1. The van der Waals surface area contributed by atoms with Crippen LogP contribution in [0.25, 0.3) is 11.3 Å². The van der Waals surface area contributed by atoms with Crippen molar-refractivity contribution in [1.29, 1.82) is 0 Å². The van der Waals surface area contributed by atoms with Gasteiger partial charge in [0.05, 0.1) is 17.1 Å². The highest BCUT2D eigenvalue weighted by Crippen LogP contribution is 2.36. The van der Waals surface area contributed by atoms with Crippen molar-refractivity contribution in [2.45, 2.75) is 39.0 Å². The molecule has 0 amide bonds. The van der Waals surface area contributed by atoms with E-state index >= 15 is 0 Å². The fourth-order valence-corrected chi connectivity index (χ4v) is 2.07. The third-order valence-electron chi connectivity index (χ3n) is 3.01. The number of rotatable bonds is 3. The topological polar surface area (TPSA) is 25.2 Å². The van der Waals surface area contributed by atoms with Crippen molar-refractivity contribution >= 4 is 11.6 Å². The Labute approximate surface area is 132 Å². The van der Waals surface area contributed by atoms with E-state index in [0.717, 1.165) is 12.1 Å². The summed E-state index contributed by atoms with van der Waals surface area (Å²) < 4.78 is 44.0. The summed E-state index contributed by atoms with van der Waals surface area (Å²) >= 11 is 6.00. The molecule has 0 saturated heterocycles. The standard InChI is InChI=1S/C16H17ClF3NO/c1-15(2,3)21-9-11-5-7-14(22-11)12-8-10(16(18,19)20)4-6-13(12)17/h4-8,21H,9H2,1-3H3. The van der Waals surface area contributed by atoms with Crippen LogP contribution in [0.5, 0.6) is 0 Å². The van der Waals surface area contributed by atoms with Gasteiger partial charge in [-0.3, -0.25) is 0 Å². The highest BCUT2D eigenvalue weighted by molar-refractivity contribution is 6.33. The van der Waals surface area contributed by atoms with Gasteiger partial charge in [0.2, 0.25) is 0 Å². The van der Waals surface area contributed by atoms with Crippen LogP contribution in [0, 0.1) is 0 Å². The Morgan fingerprint density at radius 3 is 2.36 bits per heavy atom. The van der Waals surface area contributed by atoms with Gasteiger partial charge in [-0.05, 0) is 51.1 Å². The summed E-state index contributed by atoms with van der Waals surface area (Å²) in [6, 6.07) is 6.54. The maximum absolute atomic E-state index is 12.8. The molecule has 1 aromatic heterocycles. The predicted octanol–water partition coefficient (Wildman–Crippen LogP) is 5.51. The molecule has 0 aliphatic rings. The number of hydrogen-bond acceptors (Lipinski definition) is 2. The molecule has 0 saturated carbocycles. The highest BCUT2D eigenvalue weighted by Gasteiger charge is 2.31. The molecule has 1 N–H and O–H groups in total. The maximum Gasteiger partial charge on any atom is 0.416 e. The molecule has 0 atom stereocenters. The van der Waals surface area contributed by atoms with E-state index in [1.807, 2.05) is 20.8 Å². The van der Waals surface area contributed by atoms with Crippen molar-refractivity contribution in [2.24, 2.45) is 0 Å². The summed E-state index contributed by atoms with van der Waals surface area (Å²) in [7, 11) is 0. The van der Waals surface area contributed by atoms with E-state index < -0.39 is 11.7 Å². The van der Waals surface area contributed by atoms with E-state index in [1.54, 1.807) is 12.1 Å². The number of halogens is 4. The van der Waals surface area contributed by atoms with Gasteiger partial charge in [-0.2, -0.15) is 13.2 Å². The number of alkyl halides is 3. The molecule has 0 aliphatic heterocycles. The van der Waals surface area contributed by atoms with Crippen molar-refractivity contribution in [3.8, 4) is 11.3 Å². The van der Waals surface area contributed by atoms with Crippen LogP contribution in [-0.4, -0.2) is 5.54 Å². The van der Waals surface area contributed by atoms with E-state index in [9.17, 15) is 13.2 Å². The molecule has 2 rings (SSSR count). The van der Waals surface area contributed by atoms with E-state index in [2.05, 4.69) is 5.32 Å². The number of nitrogens with one attached hydrogen (secondary N) is 1. The molecular formula is C16H17ClF3NO. The molecule has 0 bridgehead atoms. The summed E-state index contributed by atoms with van der Waals surface area (Å²) in [6.45, 7) is 6.53. The monoisotopic (exact) mass is 331 g/mol. The molecule has 22 heavy (non-hydrogen) atoms. The largest absolute Gasteiger partial charge is 0.460 e. The van der Waals surface area contributed by atoms with Crippen molar-refractivity contribution < 1.29 is 17.6 Å². The van der Waals surface area contributed by atoms with Gasteiger partial charge >= 0.3 is 6.18 Å². The van der Waals surface area contributed by atoms with Crippen LogP contribution in [0.1, 0.15) is 32.1 Å². The summed E-state index contributed by atoms with van der Waals surface area (Å²) in [6.07, 6.45) is -4.41. The SMILES string of the molecule is CC(C)(C)NCc1ccc(-c2cc(C(F)(F)F)ccc2Cl)o1. The molecule has 0 spiro atoms. The lowest BCUT2D eigenvalue weighted by molar-refractivity contribution is -0.137. The zero-order valence-electron chi connectivity index (χ0n) is 12.5. The summed E-state index contributed by atoms with van der Waals surface area (Å²) in [5.41, 5.74) is -0.600. The molecule has 2 aromatic rings. The highest BCUT2D eigenvalue weighted by atomic mass is 35.5. The van der Waals surface area contributed by atoms with Crippen LogP contribution in [0.2, 0.25) is 5.02 Å². The van der Waals surface area contributed by atoms with Crippen molar-refractivity contribution in [2.75, 3.05) is 0 Å². The van der Waals surface area contributed by atoms with Crippen molar-refractivity contribution in [3.05, 3.63) is 46.7 Å². The summed E-state index contributed by atoms with van der Waals surface area (Å²) in [5.74, 6) is 0.959. The first-order chi connectivity index (χ1) is 10.1. The minimum absolute atomic E-state index is 0.0825. The molecule has 0 unspecified atom stereocenters. The quantitative estimate of drug-likeness (QED) is 0.802. The van der Waals surface area contributed by atoms with Gasteiger partial charge in [0.15, 0.2) is 0 Å². The van der Waals surface area contributed by atoms with Crippen molar-refractivity contribution in [1.82, 2.24) is 5.32 Å². The van der Waals surface area contributed by atoms with Gasteiger partial charge < -0.3 is 9.73 Å². The molecule has 1 heterocycles. The summed E-state index contributed by atoms with van der Waals surface area (Å²) in [5, 5.41) is 3.47. The van der Waals surface area contributed by atoms with Crippen LogP contribution >= 0.6 is 11.6 Å². The molecule has 120 valence electrons. The van der Waals surface area contributed by atoms with Crippen LogP contribution in [0.4, 0.5) is 13.2 Å². The van der Waals surface area contributed by atoms with E-state index in [1.165, 1.54) is 6.07 Å². The average Bonchev–Trinajstić information content (AvgIpc) is 2.83. The average molecular weight is 332 g/mol. The molecule has 0 fully saturated rings. The predicted molar refractivity (Wildman–Crippen MR) is 80.7 cm³/mol. The Morgan fingerprint density at radius 2 is 1.77 bits per heavy atom. The van der Waals surface area contributed by atoms with Crippen LogP contribution in [0.15, 0.2) is 34.7 Å². The second-order valence-corrected chi connectivity index (χ2v) is 6.47. The second kappa shape index (κ2) is 5.97. The van der Waals surface area contributed by atoms with Gasteiger partial charge in [-0.1, -0.05) is 11.6 Å². The molecule has 1 aromatic carbocycles. The van der Waals surface area contributed by atoms with Gasteiger partial charge in [-0.15, -0.1) is 0 Å². The smallest absolute Gasteiger partial charge is 0.416 e. The minimum Gasteiger partial charge on any atom is -0.460 e. The van der Waals surface area contributed by atoms with Gasteiger partial charge in [0.25, 0.3) is 0 Å². The number of furan rings is 1. The van der Waals surface area contributed by atoms with Crippen LogP contribution < -0.4 is 5.32 Å². The third kappa shape index (κ3) is 4.27. The molecule has 6 heteroatoms. The zero-order chi connectivity index (χ0) is 16.5. The first-order valence-corrected chi connectivity index (χ1v) is 7.15. The van der Waals surface area contributed by atoms with Gasteiger partial charge in [0, 0.05) is 11.1 Å². The molecule has 0 radical (unpaired) electrons. The van der Waals surface area contributed by atoms with Gasteiger partial charge in [-0.25, -0.2) is 0 Å². The van der Waals surface area contributed by atoms with Gasteiger partial charge in [0.1, 0.15) is 11.5 Å². The van der Waals surface area contributed by atoms with Crippen molar-refractivity contribution in [3.63, 3.8) is 0 Å². The number of benzene rings is 1. The fraction of sp³-hybridized carbons (Fsp3) is 0.375. The Hall–Kier alpha value is -1.46.